The molecule has 0 aliphatic carbocycles. The number of piperidine rings is 1. The van der Waals surface area contributed by atoms with Gasteiger partial charge >= 0.3 is 0 Å². The summed E-state index contributed by atoms with van der Waals surface area (Å²) in [7, 11) is 1.88. The minimum atomic E-state index is -0.561. The predicted molar refractivity (Wildman–Crippen MR) is 80.7 cm³/mol. The number of nitro groups is 1. The number of benzene rings is 1. The molecule has 0 saturated carbocycles. The SMILES string of the molecule is CNCC1CCCN(C(=O)c2ccc(Cl)cc2[N+](=O)[O-])C1. The first-order valence-corrected chi connectivity index (χ1v) is 7.28. The van der Waals surface area contributed by atoms with Crippen molar-refractivity contribution in [1.82, 2.24) is 10.2 Å². The van der Waals surface area contributed by atoms with Crippen molar-refractivity contribution in [3.8, 4) is 0 Å². The van der Waals surface area contributed by atoms with Gasteiger partial charge in [0.15, 0.2) is 0 Å². The number of hydrogen-bond acceptors (Lipinski definition) is 4. The average molecular weight is 312 g/mol. The van der Waals surface area contributed by atoms with Gasteiger partial charge in [-0.05, 0) is 44.5 Å². The third-order valence-electron chi connectivity index (χ3n) is 3.69. The van der Waals surface area contributed by atoms with Crippen LogP contribution in [-0.2, 0) is 0 Å². The molecule has 1 aliphatic heterocycles. The van der Waals surface area contributed by atoms with Crippen molar-refractivity contribution in [3.05, 3.63) is 38.9 Å². The van der Waals surface area contributed by atoms with Crippen LogP contribution in [0.5, 0.6) is 0 Å². The second kappa shape index (κ2) is 6.87. The number of carbonyl (C=O) groups excluding carboxylic acids is 1. The van der Waals surface area contributed by atoms with Crippen LogP contribution in [0.25, 0.3) is 0 Å². The summed E-state index contributed by atoms with van der Waals surface area (Å²) in [5, 5.41) is 14.5. The molecule has 7 heteroatoms. The van der Waals surface area contributed by atoms with Crippen LogP contribution in [0, 0.1) is 16.0 Å². The van der Waals surface area contributed by atoms with Crippen molar-refractivity contribution in [2.75, 3.05) is 26.7 Å². The Hall–Kier alpha value is -1.66. The van der Waals surface area contributed by atoms with Crippen LogP contribution in [0.3, 0.4) is 0 Å². The Morgan fingerprint density at radius 3 is 3.00 bits per heavy atom. The van der Waals surface area contributed by atoms with Crippen LogP contribution in [0.4, 0.5) is 5.69 Å². The summed E-state index contributed by atoms with van der Waals surface area (Å²) in [6.45, 7) is 2.10. The molecule has 1 amide bonds. The molecule has 0 radical (unpaired) electrons. The van der Waals surface area contributed by atoms with E-state index >= 15 is 0 Å². The van der Waals surface area contributed by atoms with Gasteiger partial charge in [-0.15, -0.1) is 0 Å². The van der Waals surface area contributed by atoms with Gasteiger partial charge in [0.1, 0.15) is 5.56 Å². The third kappa shape index (κ3) is 3.71. The molecule has 1 fully saturated rings. The summed E-state index contributed by atoms with van der Waals surface area (Å²) < 4.78 is 0. The molecule has 1 saturated heterocycles. The Morgan fingerprint density at radius 2 is 2.33 bits per heavy atom. The molecular formula is C14H18ClN3O3. The van der Waals surface area contributed by atoms with Gasteiger partial charge in [-0.2, -0.15) is 0 Å². The molecule has 0 aromatic heterocycles. The number of nitro benzene ring substituents is 1. The number of likely N-dealkylation sites (tertiary alicyclic amines) is 1. The number of hydrogen-bond donors (Lipinski definition) is 1. The molecule has 1 unspecified atom stereocenters. The minimum absolute atomic E-state index is 0.106. The summed E-state index contributed by atoms with van der Waals surface area (Å²) >= 11 is 5.78. The number of carbonyl (C=O) groups is 1. The molecule has 114 valence electrons. The number of amides is 1. The lowest BCUT2D eigenvalue weighted by Gasteiger charge is -2.32. The molecule has 1 atom stereocenters. The standard InChI is InChI=1S/C14H18ClN3O3/c1-16-8-10-3-2-6-17(9-10)14(19)12-5-4-11(15)7-13(12)18(20)21/h4-5,7,10,16H,2-3,6,8-9H2,1H3. The fraction of sp³-hybridized carbons (Fsp3) is 0.500. The summed E-state index contributed by atoms with van der Waals surface area (Å²) in [6, 6.07) is 4.17. The largest absolute Gasteiger partial charge is 0.338 e. The first kappa shape index (κ1) is 15.7. The topological polar surface area (TPSA) is 75.5 Å². The number of halogens is 1. The number of nitrogens with zero attached hydrogens (tertiary/aromatic N) is 2. The van der Waals surface area contributed by atoms with E-state index in [9.17, 15) is 14.9 Å². The molecule has 1 aromatic carbocycles. The maximum atomic E-state index is 12.5. The third-order valence-corrected chi connectivity index (χ3v) is 3.92. The van der Waals surface area contributed by atoms with Gasteiger partial charge in [-0.25, -0.2) is 0 Å². The normalized spacial score (nSPS) is 18.6. The zero-order chi connectivity index (χ0) is 15.4. The summed E-state index contributed by atoms with van der Waals surface area (Å²) in [6.07, 6.45) is 1.98. The number of nitrogens with one attached hydrogen (secondary N) is 1. The van der Waals surface area contributed by atoms with Gasteiger partial charge < -0.3 is 10.2 Å². The van der Waals surface area contributed by atoms with E-state index in [1.54, 1.807) is 4.90 Å². The molecule has 1 aromatic rings. The average Bonchev–Trinajstić information content (AvgIpc) is 2.47. The van der Waals surface area contributed by atoms with E-state index in [2.05, 4.69) is 5.32 Å². The maximum absolute atomic E-state index is 12.5. The second-order valence-electron chi connectivity index (χ2n) is 5.24. The molecule has 21 heavy (non-hydrogen) atoms. The van der Waals surface area contributed by atoms with Crippen LogP contribution >= 0.6 is 11.6 Å². The van der Waals surface area contributed by atoms with E-state index in [4.69, 9.17) is 11.6 Å². The Balaban J connectivity index is 2.21. The van der Waals surface area contributed by atoms with E-state index in [1.165, 1.54) is 18.2 Å². The fourth-order valence-corrected chi connectivity index (χ4v) is 2.88. The summed E-state index contributed by atoms with van der Waals surface area (Å²) in [5.41, 5.74) is -0.127. The summed E-state index contributed by atoms with van der Waals surface area (Å²) in [4.78, 5) is 24.8. The van der Waals surface area contributed by atoms with Crippen molar-refractivity contribution in [2.45, 2.75) is 12.8 Å². The first-order valence-electron chi connectivity index (χ1n) is 6.90. The highest BCUT2D eigenvalue weighted by molar-refractivity contribution is 6.31. The highest BCUT2D eigenvalue weighted by Crippen LogP contribution is 2.26. The highest BCUT2D eigenvalue weighted by Gasteiger charge is 2.28. The van der Waals surface area contributed by atoms with Crippen molar-refractivity contribution in [1.29, 1.82) is 0 Å². The van der Waals surface area contributed by atoms with Crippen LogP contribution in [-0.4, -0.2) is 42.4 Å². The van der Waals surface area contributed by atoms with E-state index < -0.39 is 4.92 Å². The van der Waals surface area contributed by atoms with Crippen molar-refractivity contribution in [2.24, 2.45) is 5.92 Å². The van der Waals surface area contributed by atoms with Crippen molar-refractivity contribution in [3.63, 3.8) is 0 Å². The second-order valence-corrected chi connectivity index (χ2v) is 5.67. The van der Waals surface area contributed by atoms with Gasteiger partial charge in [-0.1, -0.05) is 11.6 Å². The van der Waals surface area contributed by atoms with Crippen LogP contribution < -0.4 is 5.32 Å². The molecule has 0 bridgehead atoms. The molecule has 1 N–H and O–H groups in total. The van der Waals surface area contributed by atoms with Gasteiger partial charge in [0, 0.05) is 24.2 Å². The molecule has 1 aliphatic rings. The first-order chi connectivity index (χ1) is 10.0. The van der Waals surface area contributed by atoms with E-state index in [1.807, 2.05) is 7.05 Å². The molecular weight excluding hydrogens is 294 g/mol. The maximum Gasteiger partial charge on any atom is 0.283 e. The Morgan fingerprint density at radius 1 is 1.57 bits per heavy atom. The number of rotatable bonds is 4. The van der Waals surface area contributed by atoms with E-state index in [0.717, 1.165) is 19.4 Å². The van der Waals surface area contributed by atoms with Gasteiger partial charge in [0.05, 0.1) is 4.92 Å². The van der Waals surface area contributed by atoms with Gasteiger partial charge in [0.25, 0.3) is 11.6 Å². The smallest absolute Gasteiger partial charge is 0.283 e. The van der Waals surface area contributed by atoms with E-state index in [-0.39, 0.29) is 22.2 Å². The van der Waals surface area contributed by atoms with Gasteiger partial charge in [-0.3, -0.25) is 14.9 Å². The molecule has 6 nitrogen and oxygen atoms in total. The predicted octanol–water partition coefficient (Wildman–Crippen LogP) is 2.32. The lowest BCUT2D eigenvalue weighted by molar-refractivity contribution is -0.385. The zero-order valence-electron chi connectivity index (χ0n) is 11.8. The Kier molecular flexibility index (Phi) is 5.14. The highest BCUT2D eigenvalue weighted by atomic mass is 35.5. The Labute approximate surface area is 128 Å². The minimum Gasteiger partial charge on any atom is -0.338 e. The fourth-order valence-electron chi connectivity index (χ4n) is 2.71. The molecule has 2 rings (SSSR count). The summed E-state index contributed by atoms with van der Waals surface area (Å²) in [5.74, 6) is 0.0956. The van der Waals surface area contributed by atoms with E-state index in [0.29, 0.717) is 19.0 Å². The Bertz CT molecular complexity index is 548. The van der Waals surface area contributed by atoms with Crippen LogP contribution in [0.2, 0.25) is 5.02 Å². The van der Waals surface area contributed by atoms with Crippen molar-refractivity contribution < 1.29 is 9.72 Å². The quantitative estimate of drug-likeness (QED) is 0.684. The van der Waals surface area contributed by atoms with Crippen LogP contribution in [0.15, 0.2) is 18.2 Å². The lowest BCUT2D eigenvalue weighted by Crippen LogP contribution is -2.42. The molecule has 0 spiro atoms. The lowest BCUT2D eigenvalue weighted by atomic mass is 9.97. The van der Waals surface area contributed by atoms with Crippen LogP contribution in [0.1, 0.15) is 23.2 Å². The van der Waals surface area contributed by atoms with Gasteiger partial charge in [0.2, 0.25) is 0 Å². The van der Waals surface area contributed by atoms with Crippen molar-refractivity contribution >= 4 is 23.2 Å². The monoisotopic (exact) mass is 311 g/mol. The zero-order valence-corrected chi connectivity index (χ0v) is 12.6. The molecule has 1 heterocycles.